The van der Waals surface area contributed by atoms with Crippen molar-refractivity contribution in [2.75, 3.05) is 0 Å². The van der Waals surface area contributed by atoms with Crippen molar-refractivity contribution in [3.63, 3.8) is 0 Å². The number of hydrogen-bond donors (Lipinski definition) is 0. The van der Waals surface area contributed by atoms with Gasteiger partial charge in [0, 0.05) is 22.6 Å². The lowest BCUT2D eigenvalue weighted by Gasteiger charge is -1.86. The Morgan fingerprint density at radius 2 is 2.42 bits per heavy atom. The van der Waals surface area contributed by atoms with Crippen LogP contribution in [0.4, 0.5) is 0 Å². The molecule has 0 aliphatic rings. The van der Waals surface area contributed by atoms with E-state index < -0.39 is 0 Å². The molecular formula is C6H2ClIN2OS. The van der Waals surface area contributed by atoms with Crippen molar-refractivity contribution in [2.24, 2.45) is 0 Å². The maximum Gasteiger partial charge on any atom is 0.203 e. The van der Waals surface area contributed by atoms with Gasteiger partial charge in [-0.15, -0.1) is 0 Å². The molecule has 0 saturated heterocycles. The number of nitrogens with zero attached hydrogens (tertiary/aromatic N) is 2. The third-order valence-corrected chi connectivity index (χ3v) is 3.10. The minimum Gasteiger partial charge on any atom is -0.452 e. The summed E-state index contributed by atoms with van der Waals surface area (Å²) in [6.45, 7) is 0. The predicted octanol–water partition coefficient (Wildman–Crippen LogP) is 3.06. The van der Waals surface area contributed by atoms with Crippen molar-refractivity contribution < 1.29 is 4.42 Å². The van der Waals surface area contributed by atoms with Crippen LogP contribution < -0.4 is 0 Å². The molecule has 2 heterocycles. The van der Waals surface area contributed by atoms with Crippen LogP contribution in [-0.4, -0.2) is 9.36 Å². The van der Waals surface area contributed by atoms with Crippen molar-refractivity contribution in [1.29, 1.82) is 0 Å². The molecule has 62 valence electrons. The van der Waals surface area contributed by atoms with E-state index >= 15 is 0 Å². The van der Waals surface area contributed by atoms with Gasteiger partial charge >= 0.3 is 0 Å². The summed E-state index contributed by atoms with van der Waals surface area (Å²) >= 11 is 9.11. The Kier molecular flexibility index (Phi) is 2.33. The van der Waals surface area contributed by atoms with Crippen LogP contribution in [0.5, 0.6) is 0 Å². The van der Waals surface area contributed by atoms with Crippen LogP contribution in [0, 0.1) is 3.83 Å². The Labute approximate surface area is 91.1 Å². The minimum atomic E-state index is 0.363. The molecule has 0 saturated carbocycles. The lowest BCUT2D eigenvalue weighted by atomic mass is 10.4. The summed E-state index contributed by atoms with van der Waals surface area (Å²) < 4.78 is 9.69. The molecule has 2 rings (SSSR count). The SMILES string of the molecule is Clc1occc1-c1nc(I)ns1. The molecule has 2 aromatic heterocycles. The first-order chi connectivity index (χ1) is 5.77. The summed E-state index contributed by atoms with van der Waals surface area (Å²) in [4.78, 5) is 4.16. The highest BCUT2D eigenvalue weighted by Crippen LogP contribution is 2.29. The van der Waals surface area contributed by atoms with E-state index in [-0.39, 0.29) is 0 Å². The van der Waals surface area contributed by atoms with Crippen molar-refractivity contribution in [3.05, 3.63) is 21.4 Å². The lowest BCUT2D eigenvalue weighted by Crippen LogP contribution is -1.73. The topological polar surface area (TPSA) is 38.9 Å². The van der Waals surface area contributed by atoms with Gasteiger partial charge in [0.2, 0.25) is 9.05 Å². The molecule has 0 amide bonds. The zero-order valence-electron chi connectivity index (χ0n) is 5.62. The van der Waals surface area contributed by atoms with E-state index in [0.29, 0.717) is 5.22 Å². The molecule has 12 heavy (non-hydrogen) atoms. The van der Waals surface area contributed by atoms with Crippen molar-refractivity contribution >= 4 is 45.7 Å². The number of halogens is 2. The average molecular weight is 313 g/mol. The van der Waals surface area contributed by atoms with Crippen molar-refractivity contribution in [3.8, 4) is 10.6 Å². The maximum atomic E-state index is 5.75. The van der Waals surface area contributed by atoms with E-state index in [1.54, 1.807) is 6.07 Å². The van der Waals surface area contributed by atoms with Gasteiger partial charge in [-0.2, -0.15) is 4.37 Å². The number of hydrogen-bond acceptors (Lipinski definition) is 4. The van der Waals surface area contributed by atoms with E-state index in [9.17, 15) is 0 Å². The molecule has 6 heteroatoms. The summed E-state index contributed by atoms with van der Waals surface area (Å²) in [5.41, 5.74) is 0.803. The van der Waals surface area contributed by atoms with Crippen LogP contribution in [0.25, 0.3) is 10.6 Å². The van der Waals surface area contributed by atoms with Gasteiger partial charge in [-0.1, -0.05) is 0 Å². The molecule has 0 N–H and O–H groups in total. The van der Waals surface area contributed by atoms with Crippen molar-refractivity contribution in [1.82, 2.24) is 9.36 Å². The fourth-order valence-corrected chi connectivity index (χ4v) is 2.31. The van der Waals surface area contributed by atoms with Gasteiger partial charge in [-0.3, -0.25) is 0 Å². The van der Waals surface area contributed by atoms with Crippen LogP contribution in [0.2, 0.25) is 5.22 Å². The van der Waals surface area contributed by atoms with Crippen LogP contribution in [-0.2, 0) is 0 Å². The monoisotopic (exact) mass is 312 g/mol. The summed E-state index contributed by atoms with van der Waals surface area (Å²) in [7, 11) is 0. The smallest absolute Gasteiger partial charge is 0.203 e. The molecule has 3 nitrogen and oxygen atoms in total. The second kappa shape index (κ2) is 3.31. The first kappa shape index (κ1) is 8.46. The van der Waals surface area contributed by atoms with Gasteiger partial charge in [0.15, 0.2) is 0 Å². The van der Waals surface area contributed by atoms with E-state index in [0.717, 1.165) is 14.4 Å². The Balaban J connectivity index is 2.50. The molecule has 0 bridgehead atoms. The van der Waals surface area contributed by atoms with Crippen LogP contribution in [0.3, 0.4) is 0 Å². The highest BCUT2D eigenvalue weighted by molar-refractivity contribution is 14.1. The lowest BCUT2D eigenvalue weighted by molar-refractivity contribution is 0.570. The van der Waals surface area contributed by atoms with Gasteiger partial charge in [0.25, 0.3) is 0 Å². The van der Waals surface area contributed by atoms with Crippen LogP contribution >= 0.6 is 45.7 Å². The fourth-order valence-electron chi connectivity index (χ4n) is 0.761. The van der Waals surface area contributed by atoms with Crippen LogP contribution in [0.15, 0.2) is 16.7 Å². The minimum absolute atomic E-state index is 0.363. The van der Waals surface area contributed by atoms with Gasteiger partial charge in [-0.05, 0) is 29.2 Å². The molecule has 0 aliphatic carbocycles. The summed E-state index contributed by atoms with van der Waals surface area (Å²) in [6.07, 6.45) is 1.53. The number of aromatic nitrogens is 2. The molecule has 0 aromatic carbocycles. The first-order valence-electron chi connectivity index (χ1n) is 3.00. The molecule has 0 fully saturated rings. The Bertz CT molecular complexity index is 400. The molecule has 0 unspecified atom stereocenters. The Morgan fingerprint density at radius 3 is 2.92 bits per heavy atom. The molecule has 0 spiro atoms. The molecule has 0 aliphatic heterocycles. The average Bonchev–Trinajstić information content (AvgIpc) is 2.58. The van der Waals surface area contributed by atoms with E-state index in [1.165, 1.54) is 17.8 Å². The largest absolute Gasteiger partial charge is 0.452 e. The van der Waals surface area contributed by atoms with E-state index in [4.69, 9.17) is 16.0 Å². The second-order valence-electron chi connectivity index (χ2n) is 1.98. The Morgan fingerprint density at radius 1 is 1.58 bits per heavy atom. The fraction of sp³-hybridized carbons (Fsp3) is 0. The van der Waals surface area contributed by atoms with Gasteiger partial charge in [0.05, 0.1) is 11.8 Å². The van der Waals surface area contributed by atoms with Crippen LogP contribution in [0.1, 0.15) is 0 Å². The third-order valence-electron chi connectivity index (χ3n) is 1.25. The zero-order chi connectivity index (χ0) is 8.55. The van der Waals surface area contributed by atoms with Crippen molar-refractivity contribution in [2.45, 2.75) is 0 Å². The second-order valence-corrected chi connectivity index (χ2v) is 4.04. The molecule has 2 aromatic rings. The zero-order valence-corrected chi connectivity index (χ0v) is 9.35. The Hall–Kier alpha value is -0.140. The standard InChI is InChI=1S/C6H2ClIN2OS/c7-4-3(1-2-11-4)5-9-6(8)10-12-5/h1-2H. The van der Waals surface area contributed by atoms with E-state index in [1.807, 2.05) is 0 Å². The highest BCUT2D eigenvalue weighted by atomic mass is 127. The quantitative estimate of drug-likeness (QED) is 0.760. The first-order valence-corrected chi connectivity index (χ1v) is 5.23. The van der Waals surface area contributed by atoms with Gasteiger partial charge in [-0.25, -0.2) is 4.98 Å². The maximum absolute atomic E-state index is 5.75. The van der Waals surface area contributed by atoms with Gasteiger partial charge < -0.3 is 4.42 Å². The highest BCUT2D eigenvalue weighted by Gasteiger charge is 2.10. The third kappa shape index (κ3) is 1.48. The summed E-state index contributed by atoms with van der Waals surface area (Å²) in [6, 6.07) is 1.78. The summed E-state index contributed by atoms with van der Waals surface area (Å²) in [5, 5.41) is 1.15. The summed E-state index contributed by atoms with van der Waals surface area (Å²) in [5.74, 6) is 0. The number of furan rings is 1. The van der Waals surface area contributed by atoms with E-state index in [2.05, 4.69) is 31.9 Å². The van der Waals surface area contributed by atoms with Gasteiger partial charge in [0.1, 0.15) is 5.01 Å². The predicted molar refractivity (Wildman–Crippen MR) is 55.3 cm³/mol. The molecule has 0 atom stereocenters. The molecule has 0 radical (unpaired) electrons. The number of rotatable bonds is 1. The normalized spacial score (nSPS) is 10.5. The molecular weight excluding hydrogens is 311 g/mol.